The van der Waals surface area contributed by atoms with Gasteiger partial charge in [-0.2, -0.15) is 0 Å². The molecule has 2 saturated heterocycles. The molecule has 2 fully saturated rings. The van der Waals surface area contributed by atoms with Crippen molar-refractivity contribution in [2.75, 3.05) is 48.7 Å². The predicted molar refractivity (Wildman–Crippen MR) is 246 cm³/mol. The minimum Gasteiger partial charge on any atom is -0.477 e. The lowest BCUT2D eigenvalue weighted by Gasteiger charge is -2.49. The number of halogens is 1. The van der Waals surface area contributed by atoms with Gasteiger partial charge in [-0.15, -0.1) is 68.8 Å². The fourth-order valence-corrected chi connectivity index (χ4v) is 12.1. The summed E-state index contributed by atoms with van der Waals surface area (Å²) in [5.41, 5.74) is 12.3. The second-order valence-electron chi connectivity index (χ2n) is 13.4. The molecule has 8 rings (SSSR count). The van der Waals surface area contributed by atoms with Crippen molar-refractivity contribution in [3.05, 3.63) is 44.7 Å². The Bertz CT molecular complexity index is 2540. The van der Waals surface area contributed by atoms with Crippen LogP contribution in [-0.4, -0.2) is 177 Å². The first-order chi connectivity index (χ1) is 31.6. The van der Waals surface area contributed by atoms with Gasteiger partial charge in [0.15, 0.2) is 21.7 Å². The minimum atomic E-state index is -1.22. The van der Waals surface area contributed by atoms with Gasteiger partial charge >= 0.3 is 11.9 Å². The van der Waals surface area contributed by atoms with Gasteiger partial charge in [-0.3, -0.25) is 29.0 Å². The number of β-lactam (4-membered cyclic amide) rings is 2. The first-order valence-corrected chi connectivity index (χ1v) is 24.2. The number of nitrogens with zero attached hydrogens (tertiary/aromatic N) is 14. The summed E-state index contributed by atoms with van der Waals surface area (Å²) in [7, 11) is 5.90. The summed E-state index contributed by atoms with van der Waals surface area (Å²) >= 11 is 7.50. The number of fused-ring (bicyclic) bond motifs is 2. The van der Waals surface area contributed by atoms with Crippen LogP contribution < -0.4 is 22.1 Å². The number of thiazole rings is 2. The molecule has 4 amide bonds. The zero-order chi connectivity index (χ0) is 47.4. The van der Waals surface area contributed by atoms with E-state index in [1.807, 2.05) is 0 Å². The van der Waals surface area contributed by atoms with Crippen molar-refractivity contribution < 1.29 is 48.7 Å². The van der Waals surface area contributed by atoms with Crippen molar-refractivity contribution in [2.24, 2.45) is 24.4 Å². The monoisotopic (exact) mass is 1060 g/mol. The molecule has 67 heavy (non-hydrogen) atoms. The molecule has 0 bridgehead atoms. The number of hydrogen-bond donors (Lipinski definition) is 6. The molecule has 4 aromatic heterocycles. The van der Waals surface area contributed by atoms with E-state index in [0.29, 0.717) is 44.5 Å². The number of tetrazole rings is 2. The van der Waals surface area contributed by atoms with Crippen molar-refractivity contribution in [2.45, 2.75) is 33.1 Å². The van der Waals surface area contributed by atoms with Gasteiger partial charge in [0.25, 0.3) is 23.6 Å². The van der Waals surface area contributed by atoms with Crippen LogP contribution in [0.2, 0.25) is 0 Å². The summed E-state index contributed by atoms with van der Waals surface area (Å²) < 4.78 is 2.94. The third kappa shape index (κ3) is 10.6. The zero-order valence-electron chi connectivity index (χ0n) is 34.7. The number of amides is 4. The van der Waals surface area contributed by atoms with Gasteiger partial charge in [-0.1, -0.05) is 33.8 Å². The van der Waals surface area contributed by atoms with Crippen molar-refractivity contribution >= 4 is 139 Å². The first-order valence-electron chi connectivity index (χ1n) is 18.4. The number of carbonyl (C=O) groups is 6. The molecule has 0 unspecified atom stereocenters. The molecule has 356 valence electrons. The Morgan fingerprint density at radius 1 is 0.746 bits per heavy atom. The highest BCUT2D eigenvalue weighted by Crippen LogP contribution is 2.43. The number of oxime groups is 2. The van der Waals surface area contributed by atoms with Crippen LogP contribution in [0.25, 0.3) is 0 Å². The third-order valence-corrected chi connectivity index (χ3v) is 15.5. The topological polar surface area (TPSA) is 382 Å². The summed E-state index contributed by atoms with van der Waals surface area (Å²) in [4.78, 5) is 95.1. The van der Waals surface area contributed by atoms with Gasteiger partial charge in [-0.25, -0.2) is 28.9 Å². The predicted octanol–water partition coefficient (Wildman–Crippen LogP) is -1.32. The van der Waals surface area contributed by atoms with E-state index in [1.165, 1.54) is 80.4 Å². The number of thioether (sulfide) groups is 4. The second kappa shape index (κ2) is 21.7. The average molecular weight is 1060 g/mol. The van der Waals surface area contributed by atoms with Gasteiger partial charge in [0.2, 0.25) is 10.3 Å². The van der Waals surface area contributed by atoms with E-state index in [1.54, 1.807) is 24.9 Å². The zero-order valence-corrected chi connectivity index (χ0v) is 40.4. The van der Waals surface area contributed by atoms with E-state index in [2.05, 4.69) is 62.0 Å². The number of carboxylic acid groups (broad SMARTS) is 2. The van der Waals surface area contributed by atoms with Gasteiger partial charge < -0.3 is 42.0 Å². The lowest BCUT2D eigenvalue weighted by atomic mass is 10.0. The summed E-state index contributed by atoms with van der Waals surface area (Å²) in [6, 6.07) is -1.85. The molecule has 0 radical (unpaired) electrons. The minimum absolute atomic E-state index is 0. The van der Waals surface area contributed by atoms with Crippen LogP contribution in [0.1, 0.15) is 11.4 Å². The van der Waals surface area contributed by atoms with Crippen LogP contribution in [0.4, 0.5) is 10.3 Å². The van der Waals surface area contributed by atoms with E-state index in [9.17, 15) is 39.0 Å². The van der Waals surface area contributed by atoms with Crippen LogP contribution in [0.5, 0.6) is 0 Å². The van der Waals surface area contributed by atoms with Gasteiger partial charge in [0.05, 0.1) is 0 Å². The Labute approximate surface area is 407 Å². The average Bonchev–Trinajstić information content (AvgIpc) is 4.12. The molecule has 8 N–H and O–H groups in total. The third-order valence-electron chi connectivity index (χ3n) is 9.31. The van der Waals surface area contributed by atoms with E-state index in [-0.39, 0.29) is 56.9 Å². The van der Waals surface area contributed by atoms with Crippen LogP contribution in [0.15, 0.2) is 53.9 Å². The second-order valence-corrected chi connectivity index (χ2v) is 19.2. The number of hydrogen-bond acceptors (Lipinski definition) is 26. The first kappa shape index (κ1) is 50.3. The molecule has 4 aliphatic rings. The van der Waals surface area contributed by atoms with Crippen LogP contribution in [0, 0.1) is 0 Å². The van der Waals surface area contributed by atoms with E-state index < -0.39 is 58.4 Å². The fraction of sp³-hybridized carbons (Fsp3) is 0.375. The molecule has 4 atom stereocenters. The van der Waals surface area contributed by atoms with Crippen molar-refractivity contribution in [1.82, 2.24) is 70.8 Å². The summed E-state index contributed by atoms with van der Waals surface area (Å²) in [5.74, 6) is -3.54. The Morgan fingerprint density at radius 3 is 1.43 bits per heavy atom. The summed E-state index contributed by atoms with van der Waals surface area (Å²) in [6.45, 7) is 0. The Hall–Kier alpha value is -6.07. The highest BCUT2D eigenvalue weighted by Gasteiger charge is 2.56. The van der Waals surface area contributed by atoms with Crippen molar-refractivity contribution in [3.63, 3.8) is 0 Å². The molecule has 0 aliphatic carbocycles. The van der Waals surface area contributed by atoms with E-state index >= 15 is 0 Å². The maximum atomic E-state index is 12.9. The molecule has 8 heterocycles. The van der Waals surface area contributed by atoms with Gasteiger partial charge in [0, 0.05) is 47.9 Å². The molecule has 0 aromatic carbocycles. The smallest absolute Gasteiger partial charge is 0.352 e. The number of aryl methyl sites for hydroxylation is 2. The molecule has 35 heteroatoms. The molecular formula is C32H35ClN18O10S6. The maximum absolute atomic E-state index is 12.9. The lowest BCUT2D eigenvalue weighted by molar-refractivity contribution is -0.150. The number of aromatic nitrogens is 10. The number of carbonyl (C=O) groups excluding carboxylic acids is 4. The van der Waals surface area contributed by atoms with Crippen molar-refractivity contribution in [1.29, 1.82) is 0 Å². The summed E-state index contributed by atoms with van der Waals surface area (Å²) in [6.07, 6.45) is 0. The molecular weight excluding hydrogens is 1020 g/mol. The number of carboxylic acids is 2. The van der Waals surface area contributed by atoms with E-state index in [4.69, 9.17) is 21.1 Å². The van der Waals surface area contributed by atoms with Gasteiger partial charge in [0.1, 0.15) is 59.8 Å². The van der Waals surface area contributed by atoms with E-state index in [0.717, 1.165) is 22.7 Å². The number of nitrogens with two attached hydrogens (primary N) is 2. The molecule has 0 saturated carbocycles. The SMILES string of the molecule is CON=C(C(=O)N[C@@H]1C(=O)N2C(C(=O)O)=C(CSc3nnnn3C)CS[C@H]12)c1csc(N)n1.CON=C(C(=O)N[C@@H]1C(=O)N2C(C(=O)O)=C(CSc3nnnn3C)CS[C@H]12)c1csc(N)n1.Cl. The fourth-order valence-electron chi connectivity index (χ4n) is 6.38. The Balaban J connectivity index is 0.000000218. The number of anilines is 2. The van der Waals surface area contributed by atoms with Crippen molar-refractivity contribution in [3.8, 4) is 0 Å². The van der Waals surface area contributed by atoms with Crippen LogP contribution in [-0.2, 0) is 52.5 Å². The number of nitrogens with one attached hydrogen (secondary N) is 2. The molecule has 0 spiro atoms. The Kier molecular flexibility index (Phi) is 16.3. The number of aliphatic carboxylic acids is 2. The Morgan fingerprint density at radius 2 is 1.13 bits per heavy atom. The largest absolute Gasteiger partial charge is 0.477 e. The highest BCUT2D eigenvalue weighted by atomic mass is 35.5. The number of rotatable bonds is 16. The normalized spacial score (nSPS) is 20.1. The van der Waals surface area contributed by atoms with Crippen LogP contribution in [0.3, 0.4) is 0 Å². The molecule has 4 aromatic rings. The lowest BCUT2D eigenvalue weighted by Crippen LogP contribution is -2.71. The number of nitrogen functional groups attached to an aromatic ring is 2. The van der Waals surface area contributed by atoms with Crippen LogP contribution >= 0.6 is 82.1 Å². The quantitative estimate of drug-likeness (QED) is 0.0328. The molecule has 28 nitrogen and oxygen atoms in total. The summed E-state index contributed by atoms with van der Waals surface area (Å²) in [5, 5.41) is 57.9. The maximum Gasteiger partial charge on any atom is 0.352 e. The molecule has 4 aliphatic heterocycles. The highest BCUT2D eigenvalue weighted by molar-refractivity contribution is 8.01. The standard InChI is InChI=1S/2C16H17N9O5S3.ClH/c2*1-24-16(20-22-23-24)33-4-6-3-31-13-9(12(27)25(13)10(6)14(28)29)19-11(26)8(21-30-2)7-5-32-15(17)18-7;/h2*5,9,13H,3-4H2,1-2H3,(H2,17,18)(H,19,26)(H,28,29);1H/t2*9-,13-;/m11./s1. The van der Waals surface area contributed by atoms with Gasteiger partial charge in [-0.05, 0) is 32.0 Å².